The molecule has 4 nitrogen and oxygen atoms in total. The second-order valence-corrected chi connectivity index (χ2v) is 6.26. The number of hydrogen-bond acceptors (Lipinski definition) is 5. The van der Waals surface area contributed by atoms with Gasteiger partial charge in [-0.1, -0.05) is 37.9 Å². The van der Waals surface area contributed by atoms with Crippen molar-refractivity contribution in [2.24, 2.45) is 5.92 Å². The topological polar surface area (TPSA) is 58.9 Å². The van der Waals surface area contributed by atoms with Crippen molar-refractivity contribution in [2.75, 3.05) is 5.75 Å². The minimum absolute atomic E-state index is 0.169. The Bertz CT molecular complexity index is 389. The Morgan fingerprint density at radius 1 is 1.32 bits per heavy atom. The molecule has 0 amide bonds. The van der Waals surface area contributed by atoms with Crippen LogP contribution >= 0.6 is 11.8 Å². The molecule has 1 aliphatic carbocycles. The summed E-state index contributed by atoms with van der Waals surface area (Å²) in [6.07, 6.45) is 9.07. The van der Waals surface area contributed by atoms with E-state index in [1.165, 1.54) is 19.3 Å². The third-order valence-corrected chi connectivity index (χ3v) is 4.59. The van der Waals surface area contributed by atoms with E-state index >= 15 is 0 Å². The highest BCUT2D eigenvalue weighted by Crippen LogP contribution is 2.28. The predicted molar refractivity (Wildman–Crippen MR) is 77.1 cm³/mol. The molecule has 1 aromatic heterocycles. The van der Waals surface area contributed by atoms with E-state index in [-0.39, 0.29) is 6.10 Å². The number of hydrogen-bond donors (Lipinski definition) is 1. The molecule has 1 aromatic rings. The Hall–Kier alpha value is -0.680. The van der Waals surface area contributed by atoms with Crippen LogP contribution < -0.4 is 0 Å². The van der Waals surface area contributed by atoms with Gasteiger partial charge in [0.25, 0.3) is 0 Å². The molecular formula is C14H23N3OS. The summed E-state index contributed by atoms with van der Waals surface area (Å²) in [5, 5.41) is 10.7. The van der Waals surface area contributed by atoms with Crippen molar-refractivity contribution in [3.8, 4) is 0 Å². The van der Waals surface area contributed by atoms with Crippen molar-refractivity contribution in [1.29, 1.82) is 0 Å². The molecule has 5 heteroatoms. The van der Waals surface area contributed by atoms with Gasteiger partial charge in [-0.15, -0.1) is 0 Å². The van der Waals surface area contributed by atoms with Crippen LogP contribution in [0, 0.1) is 5.92 Å². The number of thioether (sulfide) groups is 1. The van der Waals surface area contributed by atoms with Crippen molar-refractivity contribution in [1.82, 2.24) is 15.0 Å². The standard InChI is InChI=1S/C14H23N3OS/c1-2-3-4-8-19-14-16-10-15-13(17-14)9-11-6-5-7-12(11)18/h10-12,18H,2-9H2,1H3. The fourth-order valence-corrected chi connectivity index (χ4v) is 3.31. The lowest BCUT2D eigenvalue weighted by Crippen LogP contribution is -2.17. The van der Waals surface area contributed by atoms with Crippen LogP contribution in [-0.4, -0.2) is 31.9 Å². The zero-order chi connectivity index (χ0) is 13.5. The molecule has 2 rings (SSSR count). The van der Waals surface area contributed by atoms with E-state index in [4.69, 9.17) is 0 Å². The van der Waals surface area contributed by atoms with Gasteiger partial charge in [0.1, 0.15) is 12.2 Å². The van der Waals surface area contributed by atoms with Crippen molar-refractivity contribution in [2.45, 2.75) is 63.1 Å². The van der Waals surface area contributed by atoms with Gasteiger partial charge in [0.05, 0.1) is 6.10 Å². The van der Waals surface area contributed by atoms with E-state index < -0.39 is 0 Å². The van der Waals surface area contributed by atoms with E-state index in [2.05, 4.69) is 21.9 Å². The molecule has 1 fully saturated rings. The Kier molecular flexibility index (Phi) is 6.04. The lowest BCUT2D eigenvalue weighted by Gasteiger charge is -2.12. The maximum atomic E-state index is 9.84. The van der Waals surface area contributed by atoms with E-state index in [0.717, 1.165) is 42.4 Å². The van der Waals surface area contributed by atoms with Gasteiger partial charge in [-0.2, -0.15) is 0 Å². The van der Waals surface area contributed by atoms with Crippen LogP contribution in [0.2, 0.25) is 0 Å². The van der Waals surface area contributed by atoms with Gasteiger partial charge < -0.3 is 5.11 Å². The van der Waals surface area contributed by atoms with Gasteiger partial charge >= 0.3 is 0 Å². The quantitative estimate of drug-likeness (QED) is 0.615. The maximum absolute atomic E-state index is 9.84. The third kappa shape index (κ3) is 4.73. The van der Waals surface area contributed by atoms with Crippen LogP contribution in [0.25, 0.3) is 0 Å². The molecule has 2 atom stereocenters. The van der Waals surface area contributed by atoms with Crippen LogP contribution in [0.3, 0.4) is 0 Å². The van der Waals surface area contributed by atoms with Crippen LogP contribution in [0.5, 0.6) is 0 Å². The van der Waals surface area contributed by atoms with Gasteiger partial charge in [0.2, 0.25) is 0 Å². The fraction of sp³-hybridized carbons (Fsp3) is 0.786. The fourth-order valence-electron chi connectivity index (χ4n) is 2.49. The second-order valence-electron chi connectivity index (χ2n) is 5.20. The van der Waals surface area contributed by atoms with Gasteiger partial charge in [0, 0.05) is 12.2 Å². The van der Waals surface area contributed by atoms with Crippen LogP contribution in [0.15, 0.2) is 11.5 Å². The van der Waals surface area contributed by atoms with Gasteiger partial charge in [-0.25, -0.2) is 15.0 Å². The Morgan fingerprint density at radius 3 is 2.95 bits per heavy atom. The number of rotatable bonds is 7. The van der Waals surface area contributed by atoms with Crippen LogP contribution in [0.1, 0.15) is 51.3 Å². The van der Waals surface area contributed by atoms with Crippen molar-refractivity contribution >= 4 is 11.8 Å². The molecule has 1 saturated carbocycles. The number of aliphatic hydroxyl groups is 1. The zero-order valence-electron chi connectivity index (χ0n) is 11.6. The molecule has 0 aliphatic heterocycles. The zero-order valence-corrected chi connectivity index (χ0v) is 12.4. The molecule has 0 radical (unpaired) electrons. The molecule has 1 aliphatic rings. The number of nitrogens with zero attached hydrogens (tertiary/aromatic N) is 3. The monoisotopic (exact) mass is 281 g/mol. The molecule has 2 unspecified atom stereocenters. The minimum Gasteiger partial charge on any atom is -0.393 e. The van der Waals surface area contributed by atoms with Gasteiger partial charge in [0.15, 0.2) is 5.16 Å². The molecule has 106 valence electrons. The summed E-state index contributed by atoms with van der Waals surface area (Å²) >= 11 is 1.71. The molecule has 0 spiro atoms. The average Bonchev–Trinajstić information content (AvgIpc) is 2.81. The lowest BCUT2D eigenvalue weighted by atomic mass is 10.0. The van der Waals surface area contributed by atoms with E-state index in [1.807, 2.05) is 0 Å². The average molecular weight is 281 g/mol. The molecule has 0 bridgehead atoms. The predicted octanol–water partition coefficient (Wildman–Crippen LogP) is 2.86. The number of unbranched alkanes of at least 4 members (excludes halogenated alkanes) is 2. The van der Waals surface area contributed by atoms with Crippen molar-refractivity contribution in [3.05, 3.63) is 12.2 Å². The normalized spacial score (nSPS) is 22.8. The van der Waals surface area contributed by atoms with Crippen molar-refractivity contribution in [3.63, 3.8) is 0 Å². The summed E-state index contributed by atoms with van der Waals surface area (Å²) in [5.41, 5.74) is 0. The highest BCUT2D eigenvalue weighted by molar-refractivity contribution is 7.99. The smallest absolute Gasteiger partial charge is 0.190 e. The van der Waals surface area contributed by atoms with Crippen LogP contribution in [-0.2, 0) is 6.42 Å². The summed E-state index contributed by atoms with van der Waals surface area (Å²) in [7, 11) is 0. The maximum Gasteiger partial charge on any atom is 0.190 e. The first kappa shape index (κ1) is 14.7. The van der Waals surface area contributed by atoms with E-state index in [0.29, 0.717) is 5.92 Å². The first-order valence-corrected chi connectivity index (χ1v) is 8.27. The molecule has 1 heterocycles. The Balaban J connectivity index is 1.84. The number of aromatic nitrogens is 3. The summed E-state index contributed by atoms with van der Waals surface area (Å²) in [5.74, 6) is 2.24. The summed E-state index contributed by atoms with van der Waals surface area (Å²) < 4.78 is 0. The van der Waals surface area contributed by atoms with E-state index in [9.17, 15) is 5.11 Å². The highest BCUT2D eigenvalue weighted by Gasteiger charge is 2.26. The second kappa shape index (κ2) is 7.80. The largest absolute Gasteiger partial charge is 0.393 e. The summed E-state index contributed by atoms with van der Waals surface area (Å²) in [4.78, 5) is 12.9. The summed E-state index contributed by atoms with van der Waals surface area (Å²) in [6, 6.07) is 0. The van der Waals surface area contributed by atoms with Gasteiger partial charge in [-0.05, 0) is 25.2 Å². The van der Waals surface area contributed by atoms with Crippen molar-refractivity contribution < 1.29 is 5.11 Å². The first-order valence-electron chi connectivity index (χ1n) is 7.28. The first-order chi connectivity index (χ1) is 9.29. The minimum atomic E-state index is -0.169. The number of aliphatic hydroxyl groups excluding tert-OH is 1. The molecule has 0 aromatic carbocycles. The Labute approximate surface area is 119 Å². The summed E-state index contributed by atoms with van der Waals surface area (Å²) in [6.45, 7) is 2.21. The van der Waals surface area contributed by atoms with Gasteiger partial charge in [-0.3, -0.25) is 0 Å². The Morgan fingerprint density at radius 2 is 2.21 bits per heavy atom. The SMILES string of the molecule is CCCCCSc1ncnc(CC2CCCC2O)n1. The third-order valence-electron chi connectivity index (χ3n) is 3.64. The lowest BCUT2D eigenvalue weighted by molar-refractivity contribution is 0.131. The molecule has 19 heavy (non-hydrogen) atoms. The van der Waals surface area contributed by atoms with Crippen LogP contribution in [0.4, 0.5) is 0 Å². The highest BCUT2D eigenvalue weighted by atomic mass is 32.2. The molecule has 0 saturated heterocycles. The van der Waals surface area contributed by atoms with E-state index in [1.54, 1.807) is 18.1 Å². The molecular weight excluding hydrogens is 258 g/mol. The molecule has 1 N–H and O–H groups in total.